The topological polar surface area (TPSA) is 58.6 Å². The zero-order valence-corrected chi connectivity index (χ0v) is 13.2. The molecule has 114 valence electrons. The zero-order chi connectivity index (χ0) is 15.0. The second-order valence-electron chi connectivity index (χ2n) is 4.89. The molecule has 6 heteroatoms. The number of sulfone groups is 1. The predicted molar refractivity (Wildman–Crippen MR) is 83.0 cm³/mol. The van der Waals surface area contributed by atoms with Crippen molar-refractivity contribution in [2.45, 2.75) is 6.54 Å². The maximum Gasteiger partial charge on any atom is 0.149 e. The molecule has 0 aliphatic heterocycles. The molecule has 20 heavy (non-hydrogen) atoms. The zero-order valence-electron chi connectivity index (χ0n) is 12.4. The molecule has 5 nitrogen and oxygen atoms in total. The Morgan fingerprint density at radius 2 is 1.90 bits per heavy atom. The summed E-state index contributed by atoms with van der Waals surface area (Å²) in [6, 6.07) is 8.11. The summed E-state index contributed by atoms with van der Waals surface area (Å²) in [5.41, 5.74) is 2.22. The molecule has 0 saturated heterocycles. The molecule has 0 radical (unpaired) electrons. The van der Waals surface area contributed by atoms with Crippen LogP contribution < -0.4 is 10.2 Å². The molecule has 0 amide bonds. The lowest BCUT2D eigenvalue weighted by atomic mass is 10.2. The van der Waals surface area contributed by atoms with Gasteiger partial charge in [-0.15, -0.1) is 0 Å². The minimum absolute atomic E-state index is 0.170. The van der Waals surface area contributed by atoms with E-state index in [1.54, 1.807) is 7.11 Å². The van der Waals surface area contributed by atoms with E-state index in [4.69, 9.17) is 4.74 Å². The molecule has 0 atom stereocenters. The second-order valence-corrected chi connectivity index (χ2v) is 7.15. The molecule has 0 heterocycles. The number of rotatable bonds is 9. The molecule has 0 fully saturated rings. The van der Waals surface area contributed by atoms with E-state index < -0.39 is 9.84 Å². The number of nitrogens with zero attached hydrogens (tertiary/aromatic N) is 1. The van der Waals surface area contributed by atoms with Crippen LogP contribution in [0.4, 0.5) is 5.69 Å². The fourth-order valence-corrected chi connectivity index (χ4v) is 2.31. The number of hydrogen-bond donors (Lipinski definition) is 1. The average Bonchev–Trinajstić information content (AvgIpc) is 2.41. The largest absolute Gasteiger partial charge is 0.383 e. The lowest BCUT2D eigenvalue weighted by Crippen LogP contribution is -2.24. The van der Waals surface area contributed by atoms with Crippen molar-refractivity contribution in [1.29, 1.82) is 0 Å². The number of nitrogens with one attached hydrogen (secondary N) is 1. The van der Waals surface area contributed by atoms with Gasteiger partial charge in [-0.25, -0.2) is 8.42 Å². The standard InChI is InChI=1S/C14H24N2O3S/c1-16(9-11-20(3,17)18)14-6-4-13(5-7-14)12-15-8-10-19-2/h4-7,15H,8-12H2,1-3H3. The number of ether oxygens (including phenoxy) is 1. The van der Waals surface area contributed by atoms with Gasteiger partial charge in [-0.1, -0.05) is 12.1 Å². The van der Waals surface area contributed by atoms with Crippen molar-refractivity contribution in [2.75, 3.05) is 50.8 Å². The van der Waals surface area contributed by atoms with Gasteiger partial charge in [0.1, 0.15) is 9.84 Å². The summed E-state index contributed by atoms with van der Waals surface area (Å²) in [7, 11) is 0.667. The Kier molecular flexibility index (Phi) is 6.98. The van der Waals surface area contributed by atoms with Crippen LogP contribution >= 0.6 is 0 Å². The maximum absolute atomic E-state index is 11.1. The third-order valence-corrected chi connectivity index (χ3v) is 3.91. The van der Waals surface area contributed by atoms with Crippen LogP contribution in [-0.4, -0.2) is 54.3 Å². The molecule has 0 aliphatic carbocycles. The smallest absolute Gasteiger partial charge is 0.149 e. The monoisotopic (exact) mass is 300 g/mol. The summed E-state index contributed by atoms with van der Waals surface area (Å²) in [6.45, 7) is 2.83. The summed E-state index contributed by atoms with van der Waals surface area (Å²) >= 11 is 0. The first kappa shape index (κ1) is 16.9. The molecule has 1 rings (SSSR count). The fraction of sp³-hybridized carbons (Fsp3) is 0.571. The Labute approximate surface area is 121 Å². The normalized spacial score (nSPS) is 11.6. The van der Waals surface area contributed by atoms with Crippen LogP contribution in [0.2, 0.25) is 0 Å². The first-order chi connectivity index (χ1) is 9.42. The summed E-state index contributed by atoms with van der Waals surface area (Å²) < 4.78 is 27.3. The Morgan fingerprint density at radius 3 is 2.45 bits per heavy atom. The molecule has 1 aromatic rings. The lowest BCUT2D eigenvalue weighted by Gasteiger charge is -2.19. The van der Waals surface area contributed by atoms with Crippen LogP contribution in [0.15, 0.2) is 24.3 Å². The van der Waals surface area contributed by atoms with E-state index in [2.05, 4.69) is 5.32 Å². The highest BCUT2D eigenvalue weighted by Crippen LogP contribution is 2.13. The minimum atomic E-state index is -2.92. The summed E-state index contributed by atoms with van der Waals surface area (Å²) in [6.07, 6.45) is 1.26. The summed E-state index contributed by atoms with van der Waals surface area (Å²) in [5.74, 6) is 0.170. The third kappa shape index (κ3) is 6.88. The van der Waals surface area contributed by atoms with Crippen LogP contribution in [0, 0.1) is 0 Å². The van der Waals surface area contributed by atoms with Gasteiger partial charge >= 0.3 is 0 Å². The number of benzene rings is 1. The van der Waals surface area contributed by atoms with Crippen molar-refractivity contribution >= 4 is 15.5 Å². The maximum atomic E-state index is 11.1. The molecule has 1 aromatic carbocycles. The Bertz CT molecular complexity index is 486. The van der Waals surface area contributed by atoms with Crippen molar-refractivity contribution in [2.24, 2.45) is 0 Å². The SMILES string of the molecule is COCCNCc1ccc(N(C)CCS(C)(=O)=O)cc1. The van der Waals surface area contributed by atoms with Crippen molar-refractivity contribution in [3.05, 3.63) is 29.8 Å². The van der Waals surface area contributed by atoms with Gasteiger partial charge in [0.05, 0.1) is 12.4 Å². The van der Waals surface area contributed by atoms with E-state index in [0.717, 1.165) is 18.8 Å². The Balaban J connectivity index is 2.44. The Morgan fingerprint density at radius 1 is 1.25 bits per heavy atom. The fourth-order valence-electron chi connectivity index (χ4n) is 1.71. The van der Waals surface area contributed by atoms with Gasteiger partial charge in [0.2, 0.25) is 0 Å². The summed E-state index contributed by atoms with van der Waals surface area (Å²) in [4.78, 5) is 1.95. The van der Waals surface area contributed by atoms with Gasteiger partial charge in [-0.2, -0.15) is 0 Å². The molecule has 1 N–H and O–H groups in total. The lowest BCUT2D eigenvalue weighted by molar-refractivity contribution is 0.199. The van der Waals surface area contributed by atoms with E-state index in [9.17, 15) is 8.42 Å². The van der Waals surface area contributed by atoms with E-state index in [-0.39, 0.29) is 5.75 Å². The quantitative estimate of drug-likeness (QED) is 0.687. The molecule has 0 spiro atoms. The van der Waals surface area contributed by atoms with Crippen molar-refractivity contribution < 1.29 is 13.2 Å². The van der Waals surface area contributed by atoms with Gasteiger partial charge < -0.3 is 15.0 Å². The van der Waals surface area contributed by atoms with Gasteiger partial charge in [-0.3, -0.25) is 0 Å². The number of methoxy groups -OCH3 is 1. The van der Waals surface area contributed by atoms with Crippen LogP contribution in [0.25, 0.3) is 0 Å². The van der Waals surface area contributed by atoms with E-state index >= 15 is 0 Å². The van der Waals surface area contributed by atoms with Crippen LogP contribution in [0.3, 0.4) is 0 Å². The first-order valence-corrected chi connectivity index (χ1v) is 8.66. The molecule has 0 saturated carbocycles. The van der Waals surface area contributed by atoms with E-state index in [1.165, 1.54) is 11.8 Å². The molecule has 0 unspecified atom stereocenters. The highest BCUT2D eigenvalue weighted by Gasteiger charge is 2.06. The molecular formula is C14H24N2O3S. The van der Waals surface area contributed by atoms with Gasteiger partial charge in [0.25, 0.3) is 0 Å². The highest BCUT2D eigenvalue weighted by atomic mass is 32.2. The number of anilines is 1. The molecule has 0 aliphatic rings. The minimum Gasteiger partial charge on any atom is -0.383 e. The van der Waals surface area contributed by atoms with E-state index in [1.807, 2.05) is 36.2 Å². The Hall–Kier alpha value is -1.11. The third-order valence-electron chi connectivity index (χ3n) is 2.99. The van der Waals surface area contributed by atoms with E-state index in [0.29, 0.717) is 13.2 Å². The summed E-state index contributed by atoms with van der Waals surface area (Å²) in [5, 5.41) is 3.28. The van der Waals surface area contributed by atoms with Gasteiger partial charge in [0, 0.05) is 45.7 Å². The number of hydrogen-bond acceptors (Lipinski definition) is 5. The molecule has 0 aromatic heterocycles. The molecule has 0 bridgehead atoms. The van der Waals surface area contributed by atoms with Gasteiger partial charge in [-0.05, 0) is 17.7 Å². The average molecular weight is 300 g/mol. The second kappa shape index (κ2) is 8.24. The molecular weight excluding hydrogens is 276 g/mol. The van der Waals surface area contributed by atoms with Gasteiger partial charge in [0.15, 0.2) is 0 Å². The van der Waals surface area contributed by atoms with Crippen LogP contribution in [0.1, 0.15) is 5.56 Å². The van der Waals surface area contributed by atoms with Crippen LogP contribution in [0.5, 0.6) is 0 Å². The van der Waals surface area contributed by atoms with Crippen molar-refractivity contribution in [3.8, 4) is 0 Å². The van der Waals surface area contributed by atoms with Crippen LogP contribution in [-0.2, 0) is 21.1 Å². The van der Waals surface area contributed by atoms with Crippen molar-refractivity contribution in [3.63, 3.8) is 0 Å². The first-order valence-electron chi connectivity index (χ1n) is 6.60. The van der Waals surface area contributed by atoms with Crippen molar-refractivity contribution in [1.82, 2.24) is 5.32 Å². The predicted octanol–water partition coefficient (Wildman–Crippen LogP) is 0.903. The highest BCUT2D eigenvalue weighted by molar-refractivity contribution is 7.90.